The summed E-state index contributed by atoms with van der Waals surface area (Å²) >= 11 is 3.28. The summed E-state index contributed by atoms with van der Waals surface area (Å²) in [5.74, 6) is -0.880. The molecule has 0 spiro atoms. The first-order valence-electron chi connectivity index (χ1n) is 6.90. The van der Waals surface area contributed by atoms with E-state index in [0.29, 0.717) is 15.6 Å². The summed E-state index contributed by atoms with van der Waals surface area (Å²) in [6, 6.07) is 8.65. The van der Waals surface area contributed by atoms with Gasteiger partial charge in [-0.15, -0.1) is 0 Å². The number of alkyl halides is 3. The van der Waals surface area contributed by atoms with Gasteiger partial charge in [-0.25, -0.2) is 4.79 Å². The molecule has 0 aliphatic rings. The Morgan fingerprint density at radius 2 is 1.92 bits per heavy atom. The van der Waals surface area contributed by atoms with Crippen molar-refractivity contribution in [2.75, 3.05) is 7.11 Å². The van der Waals surface area contributed by atoms with E-state index in [4.69, 9.17) is 4.74 Å². The van der Waals surface area contributed by atoms with Crippen molar-refractivity contribution in [2.24, 2.45) is 0 Å². The quantitative estimate of drug-likeness (QED) is 0.664. The molecule has 0 amide bonds. The van der Waals surface area contributed by atoms with Crippen LogP contribution in [0.25, 0.3) is 0 Å². The van der Waals surface area contributed by atoms with Gasteiger partial charge >= 0.3 is 12.1 Å². The molecule has 24 heavy (non-hydrogen) atoms. The van der Waals surface area contributed by atoms with E-state index in [9.17, 15) is 18.0 Å². The van der Waals surface area contributed by atoms with Gasteiger partial charge in [-0.05, 0) is 31.2 Å². The maximum absolute atomic E-state index is 13.1. The third-order valence-corrected chi connectivity index (χ3v) is 4.08. The number of carbonyl (C=O) groups excluding carboxylic acids is 1. The van der Waals surface area contributed by atoms with Crippen LogP contribution in [0, 0.1) is 6.92 Å². The molecule has 0 saturated heterocycles. The van der Waals surface area contributed by atoms with E-state index in [0.717, 1.165) is 6.07 Å². The number of esters is 1. The molecule has 0 aromatic heterocycles. The Morgan fingerprint density at radius 1 is 1.21 bits per heavy atom. The number of aryl methyl sites for hydroxylation is 1. The van der Waals surface area contributed by atoms with Gasteiger partial charge < -0.3 is 9.47 Å². The van der Waals surface area contributed by atoms with Gasteiger partial charge in [0.25, 0.3) is 0 Å². The number of carbonyl (C=O) groups is 1. The van der Waals surface area contributed by atoms with Crippen LogP contribution in [0.15, 0.2) is 40.9 Å². The number of halogens is 4. The van der Waals surface area contributed by atoms with E-state index >= 15 is 0 Å². The highest BCUT2D eigenvalue weighted by molar-refractivity contribution is 9.10. The number of hydrogen-bond acceptors (Lipinski definition) is 3. The molecule has 2 aromatic rings. The number of rotatable bonds is 4. The van der Waals surface area contributed by atoms with Crippen LogP contribution in [-0.4, -0.2) is 13.1 Å². The lowest BCUT2D eigenvalue weighted by Crippen LogP contribution is -2.12. The number of hydrogen-bond donors (Lipinski definition) is 0. The fourth-order valence-electron chi connectivity index (χ4n) is 2.15. The van der Waals surface area contributed by atoms with Crippen LogP contribution in [0.4, 0.5) is 13.2 Å². The molecule has 7 heteroatoms. The highest BCUT2D eigenvalue weighted by atomic mass is 79.9. The Labute approximate surface area is 145 Å². The lowest BCUT2D eigenvalue weighted by atomic mass is 10.1. The van der Waals surface area contributed by atoms with Gasteiger partial charge in [-0.3, -0.25) is 0 Å². The minimum Gasteiger partial charge on any atom is -0.488 e. The zero-order valence-corrected chi connectivity index (χ0v) is 14.5. The predicted octanol–water partition coefficient (Wildman–Crippen LogP) is 5.14. The van der Waals surface area contributed by atoms with E-state index in [-0.39, 0.29) is 17.9 Å². The standard InChI is InChI=1S/C17H14BrF3O3/c1-10-6-7-15(13(8-10)17(19,20)21)24-9-12-11(16(22)23-2)4-3-5-14(12)18/h3-8H,9H2,1-2H3. The van der Waals surface area contributed by atoms with Gasteiger partial charge in [0.15, 0.2) is 0 Å². The summed E-state index contributed by atoms with van der Waals surface area (Å²) in [5, 5.41) is 0. The molecule has 0 bridgehead atoms. The van der Waals surface area contributed by atoms with Gasteiger partial charge in [0.2, 0.25) is 0 Å². The second-order valence-corrected chi connectivity index (χ2v) is 5.90. The molecule has 3 nitrogen and oxygen atoms in total. The SMILES string of the molecule is COC(=O)c1cccc(Br)c1COc1ccc(C)cc1C(F)(F)F. The van der Waals surface area contributed by atoms with E-state index in [1.165, 1.54) is 25.3 Å². The first kappa shape index (κ1) is 18.3. The maximum atomic E-state index is 13.1. The minimum atomic E-state index is -4.53. The average molecular weight is 403 g/mol. The van der Waals surface area contributed by atoms with Crippen molar-refractivity contribution in [1.82, 2.24) is 0 Å². The molecule has 0 atom stereocenters. The van der Waals surface area contributed by atoms with Crippen LogP contribution >= 0.6 is 15.9 Å². The topological polar surface area (TPSA) is 35.5 Å². The van der Waals surface area contributed by atoms with Crippen LogP contribution in [0.5, 0.6) is 5.75 Å². The Morgan fingerprint density at radius 3 is 2.54 bits per heavy atom. The second-order valence-electron chi connectivity index (χ2n) is 5.04. The van der Waals surface area contributed by atoms with Crippen molar-refractivity contribution in [3.63, 3.8) is 0 Å². The fraction of sp³-hybridized carbons (Fsp3) is 0.235. The molecule has 0 unspecified atom stereocenters. The summed E-state index contributed by atoms with van der Waals surface area (Å²) in [4.78, 5) is 11.8. The predicted molar refractivity (Wildman–Crippen MR) is 86.0 cm³/mol. The van der Waals surface area contributed by atoms with Crippen LogP contribution in [0.3, 0.4) is 0 Å². The molecular weight excluding hydrogens is 389 g/mol. The fourth-order valence-corrected chi connectivity index (χ4v) is 2.63. The van der Waals surface area contributed by atoms with Crippen molar-refractivity contribution in [1.29, 1.82) is 0 Å². The summed E-state index contributed by atoms with van der Waals surface area (Å²) < 4.78 is 50.0. The maximum Gasteiger partial charge on any atom is 0.419 e. The Balaban J connectivity index is 2.35. The van der Waals surface area contributed by atoms with Crippen molar-refractivity contribution in [2.45, 2.75) is 19.7 Å². The summed E-state index contributed by atoms with van der Waals surface area (Å²) in [7, 11) is 1.23. The second kappa shape index (κ2) is 7.25. The Kier molecular flexibility index (Phi) is 5.54. The lowest BCUT2D eigenvalue weighted by molar-refractivity contribution is -0.139. The molecule has 0 radical (unpaired) electrons. The highest BCUT2D eigenvalue weighted by Crippen LogP contribution is 2.37. The molecule has 0 N–H and O–H groups in total. The first-order valence-corrected chi connectivity index (χ1v) is 7.69. The molecule has 0 saturated carbocycles. The molecule has 0 aliphatic carbocycles. The molecule has 128 valence electrons. The van der Waals surface area contributed by atoms with Crippen molar-refractivity contribution in [3.8, 4) is 5.75 Å². The van der Waals surface area contributed by atoms with Crippen LogP contribution in [0.1, 0.15) is 27.0 Å². The lowest BCUT2D eigenvalue weighted by Gasteiger charge is -2.16. The van der Waals surface area contributed by atoms with Crippen molar-refractivity contribution < 1.29 is 27.4 Å². The summed E-state index contributed by atoms with van der Waals surface area (Å²) in [6.07, 6.45) is -4.53. The largest absolute Gasteiger partial charge is 0.488 e. The van der Waals surface area contributed by atoms with Gasteiger partial charge in [0.05, 0.1) is 18.2 Å². The Bertz CT molecular complexity index is 757. The van der Waals surface area contributed by atoms with Crippen LogP contribution in [-0.2, 0) is 17.5 Å². The van der Waals surface area contributed by atoms with Gasteiger partial charge in [-0.1, -0.05) is 33.6 Å². The van der Waals surface area contributed by atoms with Gasteiger partial charge in [-0.2, -0.15) is 13.2 Å². The monoisotopic (exact) mass is 402 g/mol. The number of methoxy groups -OCH3 is 1. The molecule has 0 aliphatic heterocycles. The molecule has 2 rings (SSSR count). The molecule has 0 heterocycles. The Hall–Kier alpha value is -2.02. The normalized spacial score (nSPS) is 11.2. The number of ether oxygens (including phenoxy) is 2. The summed E-state index contributed by atoms with van der Waals surface area (Å²) in [5.41, 5.74) is 0.269. The molecule has 2 aromatic carbocycles. The van der Waals surface area contributed by atoms with E-state index in [1.807, 2.05) is 0 Å². The van der Waals surface area contributed by atoms with Crippen molar-refractivity contribution in [3.05, 3.63) is 63.1 Å². The minimum absolute atomic E-state index is 0.210. The zero-order valence-electron chi connectivity index (χ0n) is 12.9. The first-order chi connectivity index (χ1) is 11.2. The smallest absolute Gasteiger partial charge is 0.419 e. The third kappa shape index (κ3) is 4.08. The highest BCUT2D eigenvalue weighted by Gasteiger charge is 2.34. The van der Waals surface area contributed by atoms with Gasteiger partial charge in [0.1, 0.15) is 12.4 Å². The third-order valence-electron chi connectivity index (χ3n) is 3.34. The van der Waals surface area contributed by atoms with Crippen LogP contribution in [0.2, 0.25) is 0 Å². The van der Waals surface area contributed by atoms with E-state index < -0.39 is 17.7 Å². The van der Waals surface area contributed by atoms with E-state index in [2.05, 4.69) is 20.7 Å². The zero-order chi connectivity index (χ0) is 17.9. The van der Waals surface area contributed by atoms with Gasteiger partial charge in [0, 0.05) is 10.0 Å². The molecule has 0 fully saturated rings. The number of benzene rings is 2. The van der Waals surface area contributed by atoms with Crippen LogP contribution < -0.4 is 4.74 Å². The average Bonchev–Trinajstić information content (AvgIpc) is 2.52. The molecular formula is C17H14BrF3O3. The van der Waals surface area contributed by atoms with Crippen molar-refractivity contribution >= 4 is 21.9 Å². The van der Waals surface area contributed by atoms with E-state index in [1.54, 1.807) is 19.1 Å². The summed E-state index contributed by atoms with van der Waals surface area (Å²) in [6.45, 7) is 1.36.